The number of aliphatic hydroxyl groups is 1. The molecule has 0 unspecified atom stereocenters. The minimum absolute atomic E-state index is 0.0658. The lowest BCUT2D eigenvalue weighted by atomic mass is 10.1. The van der Waals surface area contributed by atoms with E-state index in [1.807, 2.05) is 0 Å². The summed E-state index contributed by atoms with van der Waals surface area (Å²) in [6, 6.07) is 0. The second-order valence-corrected chi connectivity index (χ2v) is 10.2. The van der Waals surface area contributed by atoms with E-state index in [9.17, 15) is 14.7 Å². The largest absolute Gasteiger partial charge is 0.462 e. The first-order valence-corrected chi connectivity index (χ1v) is 15.2. The van der Waals surface area contributed by atoms with Crippen LogP contribution in [0.3, 0.4) is 0 Å². The molecular formula is C31H58O5. The zero-order valence-corrected chi connectivity index (χ0v) is 23.8. The molecule has 0 aliphatic heterocycles. The molecule has 0 saturated heterocycles. The van der Waals surface area contributed by atoms with Crippen LogP contribution in [0.25, 0.3) is 0 Å². The number of hydrogen-bond acceptors (Lipinski definition) is 5. The summed E-state index contributed by atoms with van der Waals surface area (Å²) in [6.45, 7) is 4.06. The number of carbonyl (C=O) groups is 2. The van der Waals surface area contributed by atoms with Crippen molar-refractivity contribution in [2.75, 3.05) is 13.2 Å². The third-order valence-corrected chi connectivity index (χ3v) is 6.56. The summed E-state index contributed by atoms with van der Waals surface area (Å²) < 4.78 is 10.5. The molecule has 1 atom stereocenters. The molecule has 0 spiro atoms. The molecule has 0 heterocycles. The van der Waals surface area contributed by atoms with Crippen LogP contribution >= 0.6 is 0 Å². The molecule has 212 valence electrons. The van der Waals surface area contributed by atoms with Crippen molar-refractivity contribution in [3.63, 3.8) is 0 Å². The summed E-state index contributed by atoms with van der Waals surface area (Å²) in [7, 11) is 0. The third kappa shape index (κ3) is 25.7. The van der Waals surface area contributed by atoms with Crippen LogP contribution in [0.5, 0.6) is 0 Å². The van der Waals surface area contributed by atoms with Gasteiger partial charge in [0.05, 0.1) is 6.61 Å². The van der Waals surface area contributed by atoms with Gasteiger partial charge >= 0.3 is 11.9 Å². The van der Waals surface area contributed by atoms with Crippen LogP contribution < -0.4 is 0 Å². The Hall–Kier alpha value is -1.36. The number of aliphatic hydroxyl groups excluding tert-OH is 1. The fourth-order valence-electron chi connectivity index (χ4n) is 4.18. The normalized spacial score (nSPS) is 12.2. The number of allylic oxidation sites excluding steroid dienone is 2. The Morgan fingerprint density at radius 1 is 0.611 bits per heavy atom. The first-order valence-electron chi connectivity index (χ1n) is 15.2. The summed E-state index contributed by atoms with van der Waals surface area (Å²) in [5.74, 6) is -0.602. The SMILES string of the molecule is CCCC/C=C\CCCCCCCC(=O)OC[C@H](CO)OC(=O)CCCCCCCCCCCCC. The number of ether oxygens (including phenoxy) is 2. The van der Waals surface area contributed by atoms with Gasteiger partial charge in [-0.05, 0) is 32.1 Å². The quantitative estimate of drug-likeness (QED) is 0.0680. The minimum atomic E-state index is -0.764. The van der Waals surface area contributed by atoms with Crippen molar-refractivity contribution < 1.29 is 24.2 Å². The third-order valence-electron chi connectivity index (χ3n) is 6.56. The second kappa shape index (κ2) is 28.2. The van der Waals surface area contributed by atoms with Crippen molar-refractivity contribution in [2.24, 2.45) is 0 Å². The van der Waals surface area contributed by atoms with Crippen molar-refractivity contribution in [1.82, 2.24) is 0 Å². The van der Waals surface area contributed by atoms with Crippen LogP contribution in [0.15, 0.2) is 12.2 Å². The molecule has 0 bridgehead atoms. The Balaban J connectivity index is 3.60. The van der Waals surface area contributed by atoms with Gasteiger partial charge in [-0.3, -0.25) is 9.59 Å². The van der Waals surface area contributed by atoms with E-state index in [1.54, 1.807) is 0 Å². The topological polar surface area (TPSA) is 72.8 Å². The highest BCUT2D eigenvalue weighted by molar-refractivity contribution is 5.70. The van der Waals surface area contributed by atoms with Crippen LogP contribution in [0.2, 0.25) is 0 Å². The molecule has 0 saturated carbocycles. The predicted molar refractivity (Wildman–Crippen MR) is 150 cm³/mol. The molecule has 5 nitrogen and oxygen atoms in total. The van der Waals surface area contributed by atoms with Crippen molar-refractivity contribution in [1.29, 1.82) is 0 Å². The molecular weight excluding hydrogens is 452 g/mol. The Kier molecular flexibility index (Phi) is 27.1. The van der Waals surface area contributed by atoms with Crippen LogP contribution in [-0.4, -0.2) is 36.4 Å². The second-order valence-electron chi connectivity index (χ2n) is 10.2. The van der Waals surface area contributed by atoms with E-state index < -0.39 is 6.10 Å². The van der Waals surface area contributed by atoms with E-state index in [-0.39, 0.29) is 25.2 Å². The number of unbranched alkanes of at least 4 members (excludes halogenated alkanes) is 17. The predicted octanol–water partition coefficient (Wildman–Crippen LogP) is 8.61. The molecule has 0 aromatic carbocycles. The van der Waals surface area contributed by atoms with Gasteiger partial charge in [-0.1, -0.05) is 122 Å². The molecule has 0 amide bonds. The average Bonchev–Trinajstić information content (AvgIpc) is 2.88. The van der Waals surface area contributed by atoms with Gasteiger partial charge in [0.1, 0.15) is 6.61 Å². The van der Waals surface area contributed by atoms with Crippen LogP contribution in [-0.2, 0) is 19.1 Å². The lowest BCUT2D eigenvalue weighted by Gasteiger charge is -2.15. The standard InChI is InChI=1S/C31H58O5/c1-3-5-7-9-11-13-15-17-19-21-23-25-30(33)35-28-29(27-32)36-31(34)26-24-22-20-18-16-14-12-10-8-6-4-2/h9,11,29,32H,3-8,10,12-28H2,1-2H3/b11-9-/t29-/m0/s1. The number of hydrogen-bond donors (Lipinski definition) is 1. The lowest BCUT2D eigenvalue weighted by Crippen LogP contribution is -2.28. The zero-order valence-electron chi connectivity index (χ0n) is 23.8. The van der Waals surface area contributed by atoms with Crippen LogP contribution in [0.4, 0.5) is 0 Å². The average molecular weight is 511 g/mol. The fourth-order valence-corrected chi connectivity index (χ4v) is 4.18. The van der Waals surface area contributed by atoms with E-state index in [2.05, 4.69) is 26.0 Å². The first-order chi connectivity index (χ1) is 17.6. The van der Waals surface area contributed by atoms with Gasteiger partial charge < -0.3 is 14.6 Å². The molecule has 0 radical (unpaired) electrons. The molecule has 0 aliphatic rings. The Morgan fingerprint density at radius 2 is 1.06 bits per heavy atom. The van der Waals surface area contributed by atoms with Gasteiger partial charge in [-0.25, -0.2) is 0 Å². The number of carbonyl (C=O) groups excluding carboxylic acids is 2. The van der Waals surface area contributed by atoms with Crippen LogP contribution in [0, 0.1) is 0 Å². The van der Waals surface area contributed by atoms with Gasteiger partial charge in [0.2, 0.25) is 0 Å². The van der Waals surface area contributed by atoms with Crippen molar-refractivity contribution in [2.45, 2.75) is 161 Å². The summed E-state index contributed by atoms with van der Waals surface area (Å²) in [6.07, 6.45) is 28.3. The highest BCUT2D eigenvalue weighted by atomic mass is 16.6. The Bertz CT molecular complexity index is 517. The van der Waals surface area contributed by atoms with E-state index >= 15 is 0 Å². The van der Waals surface area contributed by atoms with Gasteiger partial charge in [-0.2, -0.15) is 0 Å². The summed E-state index contributed by atoms with van der Waals surface area (Å²) in [5, 5.41) is 9.45. The lowest BCUT2D eigenvalue weighted by molar-refractivity contribution is -0.161. The monoisotopic (exact) mass is 510 g/mol. The maximum atomic E-state index is 12.0. The summed E-state index contributed by atoms with van der Waals surface area (Å²) in [4.78, 5) is 24.0. The maximum absolute atomic E-state index is 12.0. The van der Waals surface area contributed by atoms with Gasteiger partial charge in [-0.15, -0.1) is 0 Å². The fraction of sp³-hybridized carbons (Fsp3) is 0.871. The van der Waals surface area contributed by atoms with Gasteiger partial charge in [0.15, 0.2) is 6.10 Å². The van der Waals surface area contributed by atoms with Gasteiger partial charge in [0.25, 0.3) is 0 Å². The molecule has 0 rings (SSSR count). The van der Waals surface area contributed by atoms with Gasteiger partial charge in [0, 0.05) is 12.8 Å². The van der Waals surface area contributed by atoms with E-state index in [0.29, 0.717) is 12.8 Å². The van der Waals surface area contributed by atoms with Crippen molar-refractivity contribution >= 4 is 11.9 Å². The smallest absolute Gasteiger partial charge is 0.306 e. The Morgan fingerprint density at radius 3 is 1.58 bits per heavy atom. The van der Waals surface area contributed by atoms with E-state index in [4.69, 9.17) is 9.47 Å². The molecule has 0 aliphatic carbocycles. The number of rotatable bonds is 27. The first kappa shape index (κ1) is 34.6. The highest BCUT2D eigenvalue weighted by Gasteiger charge is 2.16. The molecule has 5 heteroatoms. The van der Waals surface area contributed by atoms with E-state index in [0.717, 1.165) is 44.9 Å². The summed E-state index contributed by atoms with van der Waals surface area (Å²) in [5.41, 5.74) is 0. The molecule has 36 heavy (non-hydrogen) atoms. The van der Waals surface area contributed by atoms with Crippen LogP contribution in [0.1, 0.15) is 155 Å². The minimum Gasteiger partial charge on any atom is -0.462 e. The number of esters is 2. The van der Waals surface area contributed by atoms with Crippen molar-refractivity contribution in [3.05, 3.63) is 12.2 Å². The zero-order chi connectivity index (χ0) is 26.5. The Labute approximate surface area is 222 Å². The molecule has 0 aromatic rings. The highest BCUT2D eigenvalue weighted by Crippen LogP contribution is 2.13. The summed E-state index contributed by atoms with van der Waals surface area (Å²) >= 11 is 0. The van der Waals surface area contributed by atoms with Crippen molar-refractivity contribution in [3.8, 4) is 0 Å². The molecule has 0 aromatic heterocycles. The molecule has 1 N–H and O–H groups in total. The maximum Gasteiger partial charge on any atom is 0.306 e. The molecule has 0 fully saturated rings. The van der Waals surface area contributed by atoms with E-state index in [1.165, 1.54) is 83.5 Å².